The second-order valence-corrected chi connectivity index (χ2v) is 6.26. The fourth-order valence-corrected chi connectivity index (χ4v) is 3.51. The number of fused-ring (bicyclic) bond motifs is 1. The van der Waals surface area contributed by atoms with Gasteiger partial charge in [-0.25, -0.2) is 0 Å². The molecule has 0 amide bonds. The van der Waals surface area contributed by atoms with Crippen LogP contribution in [0.5, 0.6) is 5.75 Å². The van der Waals surface area contributed by atoms with Gasteiger partial charge >= 0.3 is 0 Å². The number of Topliss-reactive ketones (excluding diaryl/α,β-unsaturated/α-hetero) is 1. The van der Waals surface area contributed by atoms with E-state index in [2.05, 4.69) is 5.10 Å². The Hall–Kier alpha value is -1.46. The molecule has 21 heavy (non-hydrogen) atoms. The van der Waals surface area contributed by atoms with Crippen LogP contribution in [0.25, 0.3) is 0 Å². The van der Waals surface area contributed by atoms with E-state index in [1.165, 1.54) is 6.20 Å². The molecule has 1 aliphatic rings. The number of hydrogen-bond donors (Lipinski definition) is 0. The van der Waals surface area contributed by atoms with E-state index in [9.17, 15) is 4.79 Å². The molecule has 1 aromatic carbocycles. The van der Waals surface area contributed by atoms with E-state index in [0.717, 1.165) is 17.1 Å². The zero-order chi connectivity index (χ0) is 14.8. The molecule has 3 rings (SSSR count). The van der Waals surface area contributed by atoms with E-state index in [-0.39, 0.29) is 5.78 Å². The smallest absolute Gasteiger partial charge is 0.223 e. The first-order chi connectivity index (χ1) is 10.2. The highest BCUT2D eigenvalue weighted by atomic mass is 35.5. The van der Waals surface area contributed by atoms with Crippen molar-refractivity contribution in [2.45, 2.75) is 30.9 Å². The fraction of sp³-hybridized carbons (Fsp3) is 0.333. The first-order valence-corrected chi connectivity index (χ1v) is 8.21. The van der Waals surface area contributed by atoms with Crippen LogP contribution >= 0.6 is 23.4 Å². The van der Waals surface area contributed by atoms with E-state index in [4.69, 9.17) is 16.3 Å². The molecule has 0 fully saturated rings. The molecule has 1 atom stereocenters. The summed E-state index contributed by atoms with van der Waals surface area (Å²) in [4.78, 5) is 13.8. The number of thioether (sulfide) groups is 1. The summed E-state index contributed by atoms with van der Waals surface area (Å²) < 4.78 is 7.50. The number of ketones is 1. The van der Waals surface area contributed by atoms with Gasteiger partial charge in [0.15, 0.2) is 6.10 Å². The normalized spacial score (nSPS) is 17.1. The zero-order valence-corrected chi connectivity index (χ0v) is 13.2. The van der Waals surface area contributed by atoms with Gasteiger partial charge in [0, 0.05) is 17.2 Å². The molecule has 2 aromatic rings. The van der Waals surface area contributed by atoms with Crippen LogP contribution in [0.4, 0.5) is 0 Å². The fourth-order valence-electron chi connectivity index (χ4n) is 2.29. The Morgan fingerprint density at radius 3 is 3.14 bits per heavy atom. The third-order valence-corrected chi connectivity index (χ3v) is 4.66. The summed E-state index contributed by atoms with van der Waals surface area (Å²) in [5.41, 5.74) is 0.448. The molecule has 0 N–H and O–H groups in total. The van der Waals surface area contributed by atoms with Crippen LogP contribution in [-0.2, 0) is 6.54 Å². The summed E-state index contributed by atoms with van der Waals surface area (Å²) in [6.45, 7) is 2.71. The van der Waals surface area contributed by atoms with Crippen molar-refractivity contribution in [3.63, 3.8) is 0 Å². The summed E-state index contributed by atoms with van der Waals surface area (Å²) in [5.74, 6) is 1.24. The molecule has 0 aliphatic carbocycles. The summed E-state index contributed by atoms with van der Waals surface area (Å²) >= 11 is 7.76. The van der Waals surface area contributed by atoms with Gasteiger partial charge in [-0.2, -0.15) is 5.10 Å². The van der Waals surface area contributed by atoms with E-state index in [0.29, 0.717) is 23.0 Å². The third-order valence-electron chi connectivity index (χ3n) is 3.26. The Labute approximate surface area is 132 Å². The minimum atomic E-state index is -0.519. The Morgan fingerprint density at radius 1 is 1.52 bits per heavy atom. The van der Waals surface area contributed by atoms with Gasteiger partial charge in [0.05, 0.1) is 11.2 Å². The summed E-state index contributed by atoms with van der Waals surface area (Å²) in [7, 11) is 0. The van der Waals surface area contributed by atoms with E-state index >= 15 is 0 Å². The first-order valence-electron chi connectivity index (χ1n) is 6.84. The van der Waals surface area contributed by atoms with Gasteiger partial charge in [0.2, 0.25) is 5.78 Å². The molecule has 110 valence electrons. The van der Waals surface area contributed by atoms with Crippen LogP contribution in [-0.4, -0.2) is 27.4 Å². The average Bonchev–Trinajstić information content (AvgIpc) is 2.87. The molecular formula is C15H15ClN2O2S. The second kappa shape index (κ2) is 6.12. The van der Waals surface area contributed by atoms with Crippen molar-refractivity contribution >= 4 is 29.1 Å². The summed E-state index contributed by atoms with van der Waals surface area (Å²) in [5, 5.41) is 4.56. The Bertz CT molecular complexity index is 671. The quantitative estimate of drug-likeness (QED) is 0.805. The Morgan fingerprint density at radius 2 is 2.33 bits per heavy atom. The van der Waals surface area contributed by atoms with Crippen molar-refractivity contribution in [3.05, 3.63) is 41.2 Å². The maximum atomic E-state index is 12.7. The second-order valence-electron chi connectivity index (χ2n) is 4.79. The van der Waals surface area contributed by atoms with E-state index in [1.807, 2.05) is 31.2 Å². The molecule has 6 heteroatoms. The Kier molecular flexibility index (Phi) is 4.22. The third kappa shape index (κ3) is 2.80. The number of hydrogen-bond acceptors (Lipinski definition) is 4. The molecule has 1 aromatic heterocycles. The van der Waals surface area contributed by atoms with Crippen molar-refractivity contribution in [1.82, 2.24) is 9.78 Å². The van der Waals surface area contributed by atoms with Crippen molar-refractivity contribution < 1.29 is 9.53 Å². The number of carbonyl (C=O) groups is 1. The lowest BCUT2D eigenvalue weighted by atomic mass is 10.2. The van der Waals surface area contributed by atoms with Gasteiger partial charge in [-0.05, 0) is 18.6 Å². The van der Waals surface area contributed by atoms with Gasteiger partial charge in [-0.15, -0.1) is 11.8 Å². The predicted molar refractivity (Wildman–Crippen MR) is 83.4 cm³/mol. The van der Waals surface area contributed by atoms with Gasteiger partial charge < -0.3 is 4.74 Å². The maximum Gasteiger partial charge on any atom is 0.223 e. The number of rotatable bonds is 4. The van der Waals surface area contributed by atoms with Crippen LogP contribution in [0, 0.1) is 0 Å². The van der Waals surface area contributed by atoms with Gasteiger partial charge in [-0.3, -0.25) is 9.48 Å². The molecular weight excluding hydrogens is 308 g/mol. The molecule has 1 aliphatic heterocycles. The Balaban J connectivity index is 1.85. The number of carbonyl (C=O) groups excluding carboxylic acids is 1. The van der Waals surface area contributed by atoms with Gasteiger partial charge in [0.25, 0.3) is 0 Å². The van der Waals surface area contributed by atoms with Gasteiger partial charge in [0.1, 0.15) is 11.4 Å². The molecule has 0 saturated carbocycles. The molecule has 1 unspecified atom stereocenters. The standard InChI is InChI=1S/C15H15ClN2O2S/c1-2-7-18-14(10(16)8-17-18)15(19)12-9-21-13-6-4-3-5-11(13)20-12/h3-6,8,12H,2,7,9H2,1H3. The minimum Gasteiger partial charge on any atom is -0.480 e. The first kappa shape index (κ1) is 14.5. The average molecular weight is 323 g/mol. The van der Waals surface area contributed by atoms with E-state index < -0.39 is 6.10 Å². The highest BCUT2D eigenvalue weighted by Gasteiger charge is 2.31. The highest BCUT2D eigenvalue weighted by Crippen LogP contribution is 2.36. The number of nitrogens with zero attached hydrogens (tertiary/aromatic N) is 2. The number of aryl methyl sites for hydroxylation is 1. The van der Waals surface area contributed by atoms with Crippen molar-refractivity contribution in [2.24, 2.45) is 0 Å². The molecule has 4 nitrogen and oxygen atoms in total. The lowest BCUT2D eigenvalue weighted by Crippen LogP contribution is -2.34. The zero-order valence-electron chi connectivity index (χ0n) is 11.6. The molecule has 0 radical (unpaired) electrons. The highest BCUT2D eigenvalue weighted by molar-refractivity contribution is 7.99. The van der Waals surface area contributed by atoms with Crippen molar-refractivity contribution in [2.75, 3.05) is 5.75 Å². The van der Waals surface area contributed by atoms with Crippen molar-refractivity contribution in [1.29, 1.82) is 0 Å². The molecule has 0 bridgehead atoms. The molecule has 0 saturated heterocycles. The maximum absolute atomic E-state index is 12.7. The van der Waals surface area contributed by atoms with Crippen LogP contribution in [0.1, 0.15) is 23.8 Å². The van der Waals surface area contributed by atoms with Crippen LogP contribution in [0.3, 0.4) is 0 Å². The van der Waals surface area contributed by atoms with Crippen LogP contribution in [0.2, 0.25) is 5.02 Å². The van der Waals surface area contributed by atoms with Crippen molar-refractivity contribution in [3.8, 4) is 5.75 Å². The lowest BCUT2D eigenvalue weighted by Gasteiger charge is -2.24. The number of halogens is 1. The summed E-state index contributed by atoms with van der Waals surface area (Å²) in [6, 6.07) is 7.74. The molecule has 0 spiro atoms. The minimum absolute atomic E-state index is 0.104. The number of para-hydroxylation sites is 1. The predicted octanol–water partition coefficient (Wildman–Crippen LogP) is 3.68. The van der Waals surface area contributed by atoms with Gasteiger partial charge in [-0.1, -0.05) is 30.7 Å². The van der Waals surface area contributed by atoms with E-state index in [1.54, 1.807) is 16.4 Å². The lowest BCUT2D eigenvalue weighted by molar-refractivity contribution is 0.0803. The largest absolute Gasteiger partial charge is 0.480 e. The monoisotopic (exact) mass is 322 g/mol. The molecule has 2 heterocycles. The number of benzene rings is 1. The topological polar surface area (TPSA) is 44.1 Å². The number of ether oxygens (including phenoxy) is 1. The SMILES string of the molecule is CCCn1ncc(Cl)c1C(=O)C1CSc2ccccc2O1. The summed E-state index contributed by atoms with van der Waals surface area (Å²) in [6.07, 6.45) is 1.89. The number of aromatic nitrogens is 2. The van der Waals surface area contributed by atoms with Crippen LogP contribution < -0.4 is 4.74 Å². The van der Waals surface area contributed by atoms with Crippen LogP contribution in [0.15, 0.2) is 35.4 Å².